The van der Waals surface area contributed by atoms with Crippen LogP contribution >= 0.6 is 0 Å². The van der Waals surface area contributed by atoms with Crippen molar-refractivity contribution in [1.82, 2.24) is 0 Å². The van der Waals surface area contributed by atoms with E-state index in [1.54, 1.807) is 0 Å². The third kappa shape index (κ3) is 4.29. The second-order valence-electron chi connectivity index (χ2n) is 6.20. The fraction of sp³-hybridized carbons (Fsp3) is 0.846. The number of carbonyl (C=O) groups is 2. The van der Waals surface area contributed by atoms with Gasteiger partial charge in [0, 0.05) is 6.42 Å². The van der Waals surface area contributed by atoms with Crippen LogP contribution < -0.4 is 5.73 Å². The average molecular weight is 257 g/mol. The molecular weight excluding hydrogens is 234 g/mol. The fourth-order valence-electron chi connectivity index (χ4n) is 2.23. The van der Waals surface area contributed by atoms with Crippen LogP contribution in [0.4, 0.5) is 0 Å². The number of rotatable bonds is 3. The summed E-state index contributed by atoms with van der Waals surface area (Å²) in [5, 5.41) is 9.00. The van der Waals surface area contributed by atoms with Crippen molar-refractivity contribution in [1.29, 1.82) is 0 Å². The summed E-state index contributed by atoms with van der Waals surface area (Å²) < 4.78 is 5.25. The third-order valence-electron chi connectivity index (χ3n) is 3.30. The number of carbonyl (C=O) groups excluding carboxylic acids is 1. The van der Waals surface area contributed by atoms with Crippen LogP contribution in [0.25, 0.3) is 0 Å². The molecule has 0 spiro atoms. The van der Waals surface area contributed by atoms with E-state index in [1.165, 1.54) is 0 Å². The van der Waals surface area contributed by atoms with Gasteiger partial charge in [0.05, 0.1) is 0 Å². The molecule has 1 rings (SSSR count). The van der Waals surface area contributed by atoms with E-state index in [9.17, 15) is 9.59 Å². The lowest BCUT2D eigenvalue weighted by Crippen LogP contribution is -2.50. The van der Waals surface area contributed by atoms with Gasteiger partial charge in [0.1, 0.15) is 11.1 Å². The Morgan fingerprint density at radius 3 is 2.22 bits per heavy atom. The monoisotopic (exact) mass is 257 g/mol. The Balaban J connectivity index is 2.41. The first kappa shape index (κ1) is 15.0. The lowest BCUT2D eigenvalue weighted by atomic mass is 9.76. The second-order valence-corrected chi connectivity index (χ2v) is 6.20. The van der Waals surface area contributed by atoms with Crippen LogP contribution in [0.1, 0.15) is 52.9 Å². The minimum atomic E-state index is -1.11. The maximum absolute atomic E-state index is 11.7. The van der Waals surface area contributed by atoms with Crippen molar-refractivity contribution in [3.8, 4) is 0 Å². The van der Waals surface area contributed by atoms with Gasteiger partial charge in [-0.3, -0.25) is 9.59 Å². The van der Waals surface area contributed by atoms with Crippen molar-refractivity contribution in [2.45, 2.75) is 64.0 Å². The minimum absolute atomic E-state index is 0.191. The number of ether oxygens (including phenoxy) is 1. The van der Waals surface area contributed by atoms with Crippen molar-refractivity contribution in [2.24, 2.45) is 11.7 Å². The molecule has 0 aromatic carbocycles. The predicted octanol–water partition coefficient (Wildman–Crippen LogP) is 1.69. The number of esters is 1. The van der Waals surface area contributed by atoms with Gasteiger partial charge in [-0.25, -0.2) is 0 Å². The molecule has 0 atom stereocenters. The molecule has 1 aliphatic rings. The molecule has 0 amide bonds. The van der Waals surface area contributed by atoms with Crippen molar-refractivity contribution >= 4 is 11.9 Å². The number of carboxylic acids is 1. The number of hydrogen-bond donors (Lipinski definition) is 2. The van der Waals surface area contributed by atoms with Gasteiger partial charge in [0.2, 0.25) is 0 Å². The molecule has 0 aromatic heterocycles. The van der Waals surface area contributed by atoms with Crippen LogP contribution in [0.3, 0.4) is 0 Å². The molecule has 0 aliphatic heterocycles. The first-order chi connectivity index (χ1) is 8.12. The topological polar surface area (TPSA) is 89.6 Å². The van der Waals surface area contributed by atoms with Gasteiger partial charge >= 0.3 is 11.9 Å². The Hall–Kier alpha value is -1.10. The molecule has 0 aromatic rings. The molecule has 0 unspecified atom stereocenters. The maximum Gasteiger partial charge on any atom is 0.323 e. The van der Waals surface area contributed by atoms with Crippen LogP contribution in [0.15, 0.2) is 0 Å². The zero-order valence-corrected chi connectivity index (χ0v) is 11.4. The van der Waals surface area contributed by atoms with Crippen molar-refractivity contribution in [2.75, 3.05) is 0 Å². The van der Waals surface area contributed by atoms with Crippen LogP contribution in [0.5, 0.6) is 0 Å². The number of nitrogens with two attached hydrogens (primary N) is 1. The summed E-state index contributed by atoms with van der Waals surface area (Å²) in [7, 11) is 0. The van der Waals surface area contributed by atoms with Crippen LogP contribution in [0, 0.1) is 5.92 Å². The van der Waals surface area contributed by atoms with Crippen LogP contribution in [-0.2, 0) is 14.3 Å². The van der Waals surface area contributed by atoms with E-state index < -0.39 is 17.1 Å². The average Bonchev–Trinajstić information content (AvgIpc) is 2.18. The summed E-state index contributed by atoms with van der Waals surface area (Å²) in [5.74, 6) is -0.971. The Labute approximate surface area is 108 Å². The highest BCUT2D eigenvalue weighted by Crippen LogP contribution is 2.32. The van der Waals surface area contributed by atoms with Crippen molar-refractivity contribution in [3.05, 3.63) is 0 Å². The van der Waals surface area contributed by atoms with E-state index in [4.69, 9.17) is 15.6 Å². The number of carboxylic acid groups (broad SMARTS) is 1. The smallest absolute Gasteiger partial charge is 0.323 e. The Morgan fingerprint density at radius 2 is 1.83 bits per heavy atom. The van der Waals surface area contributed by atoms with Crippen molar-refractivity contribution in [3.63, 3.8) is 0 Å². The molecule has 3 N–H and O–H groups in total. The van der Waals surface area contributed by atoms with Gasteiger partial charge in [0.25, 0.3) is 0 Å². The van der Waals surface area contributed by atoms with Crippen LogP contribution in [0.2, 0.25) is 0 Å². The first-order valence-corrected chi connectivity index (χ1v) is 6.36. The van der Waals surface area contributed by atoms with Gasteiger partial charge in [-0.1, -0.05) is 0 Å². The first-order valence-electron chi connectivity index (χ1n) is 6.36. The summed E-state index contributed by atoms with van der Waals surface area (Å²) in [6, 6.07) is 0. The minimum Gasteiger partial charge on any atom is -0.480 e. The van der Waals surface area contributed by atoms with Crippen LogP contribution in [-0.4, -0.2) is 28.2 Å². The normalized spacial score (nSPS) is 28.8. The largest absolute Gasteiger partial charge is 0.480 e. The molecule has 0 saturated heterocycles. The summed E-state index contributed by atoms with van der Waals surface area (Å²) in [5.41, 5.74) is 4.21. The fourth-order valence-corrected chi connectivity index (χ4v) is 2.23. The van der Waals surface area contributed by atoms with Gasteiger partial charge in [-0.2, -0.15) is 0 Å². The molecular formula is C13H23NO4. The molecule has 5 heteroatoms. The van der Waals surface area contributed by atoms with Crippen molar-refractivity contribution < 1.29 is 19.4 Å². The molecule has 1 aliphatic carbocycles. The molecule has 1 saturated carbocycles. The summed E-state index contributed by atoms with van der Waals surface area (Å²) >= 11 is 0. The molecule has 5 nitrogen and oxygen atoms in total. The third-order valence-corrected chi connectivity index (χ3v) is 3.30. The number of aliphatic carboxylic acids is 1. The molecule has 0 bridgehead atoms. The zero-order valence-electron chi connectivity index (χ0n) is 11.4. The summed E-state index contributed by atoms with van der Waals surface area (Å²) in [6.45, 7) is 5.50. The van der Waals surface area contributed by atoms with E-state index in [0.29, 0.717) is 32.1 Å². The predicted molar refractivity (Wildman–Crippen MR) is 67.0 cm³/mol. The quantitative estimate of drug-likeness (QED) is 0.751. The Kier molecular flexibility index (Phi) is 4.37. The van der Waals surface area contributed by atoms with E-state index in [-0.39, 0.29) is 11.9 Å². The van der Waals surface area contributed by atoms with E-state index in [0.717, 1.165) is 0 Å². The molecule has 0 radical (unpaired) electrons. The highest BCUT2D eigenvalue weighted by Gasteiger charge is 2.38. The summed E-state index contributed by atoms with van der Waals surface area (Å²) in [6.07, 6.45) is 2.54. The molecule has 18 heavy (non-hydrogen) atoms. The SMILES string of the molecule is CC(C)(C)OC(=O)CC1CCC(N)(C(=O)O)CC1. The number of hydrogen-bond acceptors (Lipinski definition) is 4. The lowest BCUT2D eigenvalue weighted by molar-refractivity contribution is -0.156. The van der Waals surface area contributed by atoms with Gasteiger partial charge in [0.15, 0.2) is 0 Å². The van der Waals surface area contributed by atoms with Gasteiger partial charge in [-0.05, 0) is 52.4 Å². The second kappa shape index (κ2) is 5.26. The molecule has 1 fully saturated rings. The van der Waals surface area contributed by atoms with Gasteiger partial charge < -0.3 is 15.6 Å². The summed E-state index contributed by atoms with van der Waals surface area (Å²) in [4.78, 5) is 22.6. The lowest BCUT2D eigenvalue weighted by Gasteiger charge is -2.33. The maximum atomic E-state index is 11.7. The standard InChI is InChI=1S/C13H23NO4/c1-12(2,3)18-10(15)8-9-4-6-13(14,7-5-9)11(16)17/h9H,4-8,14H2,1-3H3,(H,16,17). The zero-order chi connectivity index (χ0) is 14.0. The highest BCUT2D eigenvalue weighted by atomic mass is 16.6. The van der Waals surface area contributed by atoms with E-state index >= 15 is 0 Å². The van der Waals surface area contributed by atoms with E-state index in [1.807, 2.05) is 20.8 Å². The van der Waals surface area contributed by atoms with Gasteiger partial charge in [-0.15, -0.1) is 0 Å². The van der Waals surface area contributed by atoms with E-state index in [2.05, 4.69) is 0 Å². The Bertz CT molecular complexity index is 324. The highest BCUT2D eigenvalue weighted by molar-refractivity contribution is 5.78. The molecule has 104 valence electrons. The molecule has 0 heterocycles. The Morgan fingerprint density at radius 1 is 1.33 bits per heavy atom.